The van der Waals surface area contributed by atoms with Gasteiger partial charge in [-0.3, -0.25) is 0 Å². The third-order valence-corrected chi connectivity index (χ3v) is 4.37. The summed E-state index contributed by atoms with van der Waals surface area (Å²) in [4.78, 5) is 1.85. The Morgan fingerprint density at radius 2 is 1.70 bits per heavy atom. The van der Waals surface area contributed by atoms with Crippen LogP contribution >= 0.6 is 12.2 Å². The maximum Gasteiger partial charge on any atom is 0.178 e. The van der Waals surface area contributed by atoms with Crippen LogP contribution in [0.1, 0.15) is 5.56 Å². The number of para-hydroxylation sites is 1. The van der Waals surface area contributed by atoms with Crippen molar-refractivity contribution in [2.45, 2.75) is 6.54 Å². The van der Waals surface area contributed by atoms with Crippen molar-refractivity contribution in [3.8, 4) is 11.5 Å². The molecule has 0 radical (unpaired) electrons. The lowest BCUT2D eigenvalue weighted by Gasteiger charge is -2.26. The van der Waals surface area contributed by atoms with E-state index in [2.05, 4.69) is 5.32 Å². The Morgan fingerprint density at radius 1 is 1.04 bits per heavy atom. The van der Waals surface area contributed by atoms with Gasteiger partial charge in [0.1, 0.15) is 17.3 Å². The molecule has 0 amide bonds. The van der Waals surface area contributed by atoms with E-state index >= 15 is 0 Å². The number of rotatable bonds is 5. The van der Waals surface area contributed by atoms with Crippen molar-refractivity contribution in [2.24, 2.45) is 0 Å². The second kappa shape index (κ2) is 8.51. The van der Waals surface area contributed by atoms with Crippen LogP contribution in [-0.2, 0) is 6.54 Å². The van der Waals surface area contributed by atoms with Gasteiger partial charge in [0.05, 0.1) is 13.7 Å². The molecule has 0 aliphatic carbocycles. The number of thiocarbonyl (C=S) groups is 1. The number of methoxy groups -OCH3 is 1. The number of hydrogen-bond donors (Lipinski definition) is 2. The van der Waals surface area contributed by atoms with Crippen LogP contribution in [0.25, 0.3) is 0 Å². The average Bonchev–Trinajstić information content (AvgIpc) is 2.69. The maximum absolute atomic E-state index is 13.1. The van der Waals surface area contributed by atoms with E-state index in [0.717, 1.165) is 17.0 Å². The third kappa shape index (κ3) is 4.74. The molecule has 2 N–H and O–H groups in total. The lowest BCUT2D eigenvalue weighted by molar-refractivity contribution is 0.415. The minimum atomic E-state index is -0.312. The van der Waals surface area contributed by atoms with Crippen LogP contribution in [0.15, 0.2) is 72.8 Å². The molecule has 0 heterocycles. The van der Waals surface area contributed by atoms with Gasteiger partial charge < -0.3 is 20.1 Å². The van der Waals surface area contributed by atoms with Crippen molar-refractivity contribution >= 4 is 28.7 Å². The molecule has 138 valence electrons. The predicted octanol–water partition coefficient (Wildman–Crippen LogP) is 4.94. The summed E-state index contributed by atoms with van der Waals surface area (Å²) in [6, 6.07) is 20.5. The summed E-state index contributed by atoms with van der Waals surface area (Å²) in [5.74, 6) is 0.618. The van der Waals surface area contributed by atoms with E-state index in [1.165, 1.54) is 12.1 Å². The first-order valence-corrected chi connectivity index (χ1v) is 8.72. The molecule has 0 atom stereocenters. The van der Waals surface area contributed by atoms with E-state index in [4.69, 9.17) is 17.0 Å². The van der Waals surface area contributed by atoms with Crippen molar-refractivity contribution < 1.29 is 14.2 Å². The van der Waals surface area contributed by atoms with Crippen LogP contribution in [0.4, 0.5) is 15.8 Å². The standard InChI is InChI=1S/C21H19FN2O2S/c1-26-19-12-10-18(11-13-19)24(14-15-4-2-3-5-20(15)25)21(27)23-17-8-6-16(22)7-9-17/h2-13,25H,14H2,1H3,(H,23,27). The zero-order valence-corrected chi connectivity index (χ0v) is 15.5. The SMILES string of the molecule is COc1ccc(N(Cc2ccccc2O)C(=S)Nc2ccc(F)cc2)cc1. The quantitative estimate of drug-likeness (QED) is 0.612. The Kier molecular flexibility index (Phi) is 5.88. The van der Waals surface area contributed by atoms with Crippen LogP contribution in [0.3, 0.4) is 0 Å². The second-order valence-corrected chi connectivity index (χ2v) is 6.24. The molecule has 3 aromatic carbocycles. The fourth-order valence-electron chi connectivity index (χ4n) is 2.58. The van der Waals surface area contributed by atoms with E-state index in [0.29, 0.717) is 17.3 Å². The number of phenols is 1. The average molecular weight is 382 g/mol. The van der Waals surface area contributed by atoms with Crippen LogP contribution in [-0.4, -0.2) is 17.3 Å². The van der Waals surface area contributed by atoms with Crippen molar-refractivity contribution in [1.82, 2.24) is 0 Å². The highest BCUT2D eigenvalue weighted by molar-refractivity contribution is 7.80. The number of aromatic hydroxyl groups is 1. The summed E-state index contributed by atoms with van der Waals surface area (Å²) in [5, 5.41) is 13.7. The van der Waals surface area contributed by atoms with Gasteiger partial charge >= 0.3 is 0 Å². The summed E-state index contributed by atoms with van der Waals surface area (Å²) >= 11 is 5.58. The highest BCUT2D eigenvalue weighted by Crippen LogP contribution is 2.25. The summed E-state index contributed by atoms with van der Waals surface area (Å²) in [7, 11) is 1.61. The van der Waals surface area contributed by atoms with Crippen LogP contribution in [0, 0.1) is 5.82 Å². The summed E-state index contributed by atoms with van der Waals surface area (Å²) in [5.41, 5.74) is 2.24. The number of nitrogens with zero attached hydrogens (tertiary/aromatic N) is 1. The number of hydrogen-bond acceptors (Lipinski definition) is 3. The first kappa shape index (κ1) is 18.7. The molecule has 3 aromatic rings. The molecule has 0 unspecified atom stereocenters. The molecule has 0 saturated heterocycles. The molecule has 0 aliphatic heterocycles. The number of phenolic OH excluding ortho intramolecular Hbond substituents is 1. The first-order chi connectivity index (χ1) is 13.1. The van der Waals surface area contributed by atoms with Gasteiger partial charge in [-0.05, 0) is 66.8 Å². The topological polar surface area (TPSA) is 44.7 Å². The van der Waals surface area contributed by atoms with Gasteiger partial charge in [-0.1, -0.05) is 18.2 Å². The fourth-order valence-corrected chi connectivity index (χ4v) is 2.87. The summed E-state index contributed by atoms with van der Waals surface area (Å²) in [6.45, 7) is 0.367. The molecule has 0 aliphatic rings. The van der Waals surface area contributed by atoms with Gasteiger partial charge in [-0.15, -0.1) is 0 Å². The monoisotopic (exact) mass is 382 g/mol. The van der Waals surface area contributed by atoms with E-state index < -0.39 is 0 Å². The van der Waals surface area contributed by atoms with Gasteiger partial charge in [-0.2, -0.15) is 0 Å². The number of benzene rings is 3. The molecule has 3 rings (SSSR count). The minimum absolute atomic E-state index is 0.195. The largest absolute Gasteiger partial charge is 0.508 e. The normalized spacial score (nSPS) is 10.3. The number of anilines is 2. The van der Waals surface area contributed by atoms with Gasteiger partial charge in [0.2, 0.25) is 0 Å². The van der Waals surface area contributed by atoms with Crippen LogP contribution < -0.4 is 15.0 Å². The van der Waals surface area contributed by atoms with Crippen LogP contribution in [0.2, 0.25) is 0 Å². The van der Waals surface area contributed by atoms with E-state index in [1.807, 2.05) is 41.3 Å². The van der Waals surface area contributed by atoms with Gasteiger partial charge in [0, 0.05) is 16.9 Å². The van der Waals surface area contributed by atoms with E-state index in [1.54, 1.807) is 31.4 Å². The Labute approximate surface area is 162 Å². The zero-order valence-electron chi connectivity index (χ0n) is 14.7. The fraction of sp³-hybridized carbons (Fsp3) is 0.0952. The molecular weight excluding hydrogens is 363 g/mol. The molecule has 0 spiro atoms. The van der Waals surface area contributed by atoms with E-state index in [9.17, 15) is 9.50 Å². The number of ether oxygens (including phenoxy) is 1. The molecule has 4 nitrogen and oxygen atoms in total. The number of nitrogens with one attached hydrogen (secondary N) is 1. The van der Waals surface area contributed by atoms with Crippen molar-refractivity contribution in [2.75, 3.05) is 17.3 Å². The van der Waals surface area contributed by atoms with Gasteiger partial charge in [0.15, 0.2) is 5.11 Å². The predicted molar refractivity (Wildman–Crippen MR) is 110 cm³/mol. The van der Waals surface area contributed by atoms with Crippen molar-refractivity contribution in [3.05, 3.63) is 84.2 Å². The van der Waals surface area contributed by atoms with Crippen molar-refractivity contribution in [3.63, 3.8) is 0 Å². The lowest BCUT2D eigenvalue weighted by Crippen LogP contribution is -2.34. The second-order valence-electron chi connectivity index (χ2n) is 5.85. The molecule has 0 fully saturated rings. The summed E-state index contributed by atoms with van der Waals surface area (Å²) in [6.07, 6.45) is 0. The smallest absolute Gasteiger partial charge is 0.178 e. The van der Waals surface area contributed by atoms with Gasteiger partial charge in [-0.25, -0.2) is 4.39 Å². The molecule has 27 heavy (non-hydrogen) atoms. The highest BCUT2D eigenvalue weighted by Gasteiger charge is 2.15. The lowest BCUT2D eigenvalue weighted by atomic mass is 10.1. The highest BCUT2D eigenvalue weighted by atomic mass is 32.1. The van der Waals surface area contributed by atoms with Crippen LogP contribution in [0.5, 0.6) is 11.5 Å². The number of halogens is 1. The Bertz CT molecular complexity index is 914. The Balaban J connectivity index is 1.89. The molecule has 0 saturated carbocycles. The maximum atomic E-state index is 13.1. The molecule has 6 heteroatoms. The zero-order chi connectivity index (χ0) is 19.2. The minimum Gasteiger partial charge on any atom is -0.508 e. The van der Waals surface area contributed by atoms with Crippen molar-refractivity contribution in [1.29, 1.82) is 0 Å². The Morgan fingerprint density at radius 3 is 2.33 bits per heavy atom. The summed E-state index contributed by atoms with van der Waals surface area (Å²) < 4.78 is 18.4. The van der Waals surface area contributed by atoms with Gasteiger partial charge in [0.25, 0.3) is 0 Å². The molecule has 0 bridgehead atoms. The first-order valence-electron chi connectivity index (χ1n) is 8.32. The van der Waals surface area contributed by atoms with E-state index in [-0.39, 0.29) is 11.6 Å². The molecular formula is C21H19FN2O2S. The molecule has 0 aromatic heterocycles. The third-order valence-electron chi connectivity index (χ3n) is 4.04. The Hall–Kier alpha value is -3.12.